The number of nitrogens with zero attached hydrogens (tertiary/aromatic N) is 3. The average molecular weight is 369 g/mol. The van der Waals surface area contributed by atoms with Crippen molar-refractivity contribution in [2.24, 2.45) is 5.10 Å². The number of para-hydroxylation sites is 2. The Morgan fingerprint density at radius 2 is 1.75 bits per heavy atom. The van der Waals surface area contributed by atoms with Gasteiger partial charge >= 0.3 is 0 Å². The summed E-state index contributed by atoms with van der Waals surface area (Å²) in [5, 5.41) is 9.37. The third-order valence-electron chi connectivity index (χ3n) is 5.29. The highest BCUT2D eigenvalue weighted by Crippen LogP contribution is 2.29. The van der Waals surface area contributed by atoms with Gasteiger partial charge in [-0.05, 0) is 42.8 Å². The van der Waals surface area contributed by atoms with Crippen LogP contribution >= 0.6 is 0 Å². The van der Waals surface area contributed by atoms with E-state index in [-0.39, 0.29) is 6.10 Å². The maximum Gasteiger partial charge on any atom is 0.101 e. The van der Waals surface area contributed by atoms with E-state index < -0.39 is 0 Å². The van der Waals surface area contributed by atoms with Crippen molar-refractivity contribution >= 4 is 33.7 Å². The highest BCUT2D eigenvalue weighted by atomic mass is 16.6. The van der Waals surface area contributed by atoms with E-state index in [9.17, 15) is 0 Å². The van der Waals surface area contributed by atoms with Crippen molar-refractivity contribution in [3.05, 3.63) is 78.4 Å². The number of hydrazone groups is 1. The molecule has 3 aromatic carbocycles. The summed E-state index contributed by atoms with van der Waals surface area (Å²) >= 11 is 0. The molecule has 1 aliphatic rings. The fraction of sp³-hybridized carbons (Fsp3) is 0.208. The number of anilines is 1. The topological polar surface area (TPSA) is 33.1 Å². The van der Waals surface area contributed by atoms with Gasteiger partial charge < -0.3 is 9.30 Å². The van der Waals surface area contributed by atoms with Gasteiger partial charge in [-0.2, -0.15) is 5.10 Å². The molecule has 1 aromatic heterocycles. The van der Waals surface area contributed by atoms with Crippen molar-refractivity contribution in [2.45, 2.75) is 19.6 Å². The van der Waals surface area contributed by atoms with Crippen molar-refractivity contribution in [1.29, 1.82) is 0 Å². The van der Waals surface area contributed by atoms with Crippen LogP contribution in [0.4, 0.5) is 5.69 Å². The first-order valence-corrected chi connectivity index (χ1v) is 9.82. The smallest absolute Gasteiger partial charge is 0.101 e. The summed E-state index contributed by atoms with van der Waals surface area (Å²) in [5.41, 5.74) is 4.74. The molecular formula is C24H23N3O. The zero-order chi connectivity index (χ0) is 18.9. The Balaban J connectivity index is 1.52. The van der Waals surface area contributed by atoms with Gasteiger partial charge in [0.25, 0.3) is 0 Å². The molecule has 0 N–H and O–H groups in total. The van der Waals surface area contributed by atoms with Crippen molar-refractivity contribution in [3.63, 3.8) is 0 Å². The van der Waals surface area contributed by atoms with E-state index in [0.29, 0.717) is 0 Å². The largest absolute Gasteiger partial charge is 0.371 e. The SMILES string of the molecule is CCn1c2ccccc2c2cc(/C=N/N(CC3CO3)c3ccccc3)ccc21. The van der Waals surface area contributed by atoms with Gasteiger partial charge in [0.2, 0.25) is 0 Å². The maximum atomic E-state index is 5.42. The molecule has 1 atom stereocenters. The number of fused-ring (bicyclic) bond motifs is 3. The summed E-state index contributed by atoms with van der Waals surface area (Å²) in [4.78, 5) is 0. The second kappa shape index (κ2) is 7.13. The Morgan fingerprint density at radius 1 is 1.00 bits per heavy atom. The van der Waals surface area contributed by atoms with E-state index >= 15 is 0 Å². The summed E-state index contributed by atoms with van der Waals surface area (Å²) < 4.78 is 7.78. The molecule has 1 unspecified atom stereocenters. The molecule has 2 heterocycles. The molecule has 0 saturated carbocycles. The molecule has 4 heteroatoms. The number of epoxide rings is 1. The van der Waals surface area contributed by atoms with Crippen LogP contribution in [0.2, 0.25) is 0 Å². The minimum absolute atomic E-state index is 0.280. The third kappa shape index (κ3) is 3.16. The van der Waals surface area contributed by atoms with Crippen LogP contribution in [0.5, 0.6) is 0 Å². The fourth-order valence-corrected chi connectivity index (χ4v) is 3.81. The molecule has 4 nitrogen and oxygen atoms in total. The summed E-state index contributed by atoms with van der Waals surface area (Å²) in [5.74, 6) is 0. The molecule has 0 radical (unpaired) electrons. The van der Waals surface area contributed by atoms with Gasteiger partial charge in [-0.3, -0.25) is 5.01 Å². The second-order valence-electron chi connectivity index (χ2n) is 7.16. The van der Waals surface area contributed by atoms with Gasteiger partial charge in [-0.1, -0.05) is 42.5 Å². The Bertz CT molecular complexity index is 1140. The number of rotatable bonds is 6. The lowest BCUT2D eigenvalue weighted by molar-refractivity contribution is 0.408. The van der Waals surface area contributed by atoms with Crippen LogP contribution in [0.15, 0.2) is 77.9 Å². The fourth-order valence-electron chi connectivity index (χ4n) is 3.81. The van der Waals surface area contributed by atoms with Crippen LogP contribution in [0, 0.1) is 0 Å². The van der Waals surface area contributed by atoms with Crippen LogP contribution in [0.25, 0.3) is 21.8 Å². The first-order chi connectivity index (χ1) is 13.8. The van der Waals surface area contributed by atoms with Gasteiger partial charge in [0.05, 0.1) is 25.1 Å². The van der Waals surface area contributed by atoms with E-state index in [4.69, 9.17) is 9.84 Å². The minimum atomic E-state index is 0.280. The molecule has 0 amide bonds. The van der Waals surface area contributed by atoms with Gasteiger partial charge in [-0.15, -0.1) is 0 Å². The Hall–Kier alpha value is -3.11. The van der Waals surface area contributed by atoms with Gasteiger partial charge in [-0.25, -0.2) is 0 Å². The lowest BCUT2D eigenvalue weighted by Crippen LogP contribution is -2.22. The highest BCUT2D eigenvalue weighted by molar-refractivity contribution is 6.09. The molecule has 1 saturated heterocycles. The van der Waals surface area contributed by atoms with Crippen LogP contribution in [-0.2, 0) is 11.3 Å². The van der Waals surface area contributed by atoms with E-state index in [0.717, 1.165) is 30.9 Å². The molecule has 0 bridgehead atoms. The number of benzene rings is 3. The molecule has 140 valence electrons. The van der Waals surface area contributed by atoms with Crippen molar-refractivity contribution in [3.8, 4) is 0 Å². The Labute approximate surface area is 164 Å². The van der Waals surface area contributed by atoms with Crippen LogP contribution in [-0.4, -0.2) is 30.0 Å². The van der Waals surface area contributed by atoms with E-state index in [1.807, 2.05) is 29.4 Å². The molecule has 4 aromatic rings. The molecule has 5 rings (SSSR count). The lowest BCUT2D eigenvalue weighted by Gasteiger charge is -2.17. The normalized spacial score (nSPS) is 16.2. The first-order valence-electron chi connectivity index (χ1n) is 9.82. The number of ether oxygens (including phenoxy) is 1. The monoisotopic (exact) mass is 369 g/mol. The molecule has 28 heavy (non-hydrogen) atoms. The standard InChI is InChI=1S/C24H23N3O/c1-2-26-23-11-7-6-10-21(23)22-14-18(12-13-24(22)26)15-25-27(16-20-17-28-20)19-8-4-3-5-9-19/h3-15,20H,2,16-17H2,1H3/b25-15+. The molecule has 0 spiro atoms. The predicted octanol–water partition coefficient (Wildman–Crippen LogP) is 5.05. The zero-order valence-electron chi connectivity index (χ0n) is 16.0. The predicted molar refractivity (Wildman–Crippen MR) is 116 cm³/mol. The quantitative estimate of drug-likeness (QED) is 0.271. The van der Waals surface area contributed by atoms with Crippen molar-refractivity contribution in [2.75, 3.05) is 18.2 Å². The number of aryl methyl sites for hydroxylation is 1. The zero-order valence-corrected chi connectivity index (χ0v) is 16.0. The minimum Gasteiger partial charge on any atom is -0.371 e. The Morgan fingerprint density at radius 3 is 2.54 bits per heavy atom. The lowest BCUT2D eigenvalue weighted by atomic mass is 10.1. The van der Waals surface area contributed by atoms with Crippen LogP contribution in [0.1, 0.15) is 12.5 Å². The maximum absolute atomic E-state index is 5.42. The Kier molecular flexibility index (Phi) is 4.34. The van der Waals surface area contributed by atoms with E-state index in [2.05, 4.69) is 66.1 Å². The summed E-state index contributed by atoms with van der Waals surface area (Å²) in [6.07, 6.45) is 2.23. The third-order valence-corrected chi connectivity index (χ3v) is 5.29. The van der Waals surface area contributed by atoms with Gasteiger partial charge in [0.1, 0.15) is 6.10 Å². The van der Waals surface area contributed by atoms with Crippen molar-refractivity contribution < 1.29 is 4.74 Å². The van der Waals surface area contributed by atoms with Crippen LogP contribution < -0.4 is 5.01 Å². The molecule has 1 aliphatic heterocycles. The van der Waals surface area contributed by atoms with Gasteiger partial charge in [0, 0.05) is 28.4 Å². The summed E-state index contributed by atoms with van der Waals surface area (Å²) in [6, 6.07) is 25.5. The van der Waals surface area contributed by atoms with Crippen molar-refractivity contribution in [1.82, 2.24) is 4.57 Å². The summed E-state index contributed by atoms with van der Waals surface area (Å²) in [7, 11) is 0. The molecular weight excluding hydrogens is 346 g/mol. The first kappa shape index (κ1) is 17.0. The van der Waals surface area contributed by atoms with E-state index in [1.165, 1.54) is 21.8 Å². The number of hydrogen-bond donors (Lipinski definition) is 0. The van der Waals surface area contributed by atoms with Crippen LogP contribution in [0.3, 0.4) is 0 Å². The van der Waals surface area contributed by atoms with E-state index in [1.54, 1.807) is 0 Å². The summed E-state index contributed by atoms with van der Waals surface area (Å²) in [6.45, 7) is 4.75. The number of aromatic nitrogens is 1. The molecule has 1 fully saturated rings. The average Bonchev–Trinajstić information content (AvgIpc) is 3.52. The second-order valence-corrected chi connectivity index (χ2v) is 7.16. The molecule has 0 aliphatic carbocycles. The highest BCUT2D eigenvalue weighted by Gasteiger charge is 2.25. The van der Waals surface area contributed by atoms with Gasteiger partial charge in [0.15, 0.2) is 0 Å². The number of hydrogen-bond acceptors (Lipinski definition) is 3.